The van der Waals surface area contributed by atoms with Crippen LogP contribution in [0.15, 0.2) is 42.6 Å². The molecule has 2 rings (SSSR count). The zero-order chi connectivity index (χ0) is 21.1. The first-order chi connectivity index (χ1) is 13.9. The van der Waals surface area contributed by atoms with Crippen LogP contribution in [0, 0.1) is 47.0 Å². The number of rotatable bonds is 3. The van der Waals surface area contributed by atoms with Crippen LogP contribution >= 0.6 is 0 Å². The fraction of sp³-hybridized carbons (Fsp3) is 0.240. The van der Waals surface area contributed by atoms with Gasteiger partial charge in [-0.3, -0.25) is 0 Å². The van der Waals surface area contributed by atoms with Gasteiger partial charge in [0.05, 0.1) is 6.61 Å². The highest BCUT2D eigenvalue weighted by Gasteiger charge is 2.09. The van der Waals surface area contributed by atoms with Crippen molar-refractivity contribution < 1.29 is 9.84 Å². The van der Waals surface area contributed by atoms with E-state index in [0.717, 1.165) is 11.1 Å². The zero-order valence-corrected chi connectivity index (χ0v) is 18.1. The van der Waals surface area contributed by atoms with Gasteiger partial charge in [0.15, 0.2) is 0 Å². The maximum absolute atomic E-state index is 10.4. The van der Waals surface area contributed by atoms with Crippen molar-refractivity contribution in [2.24, 2.45) is 0 Å². The maximum Gasteiger partial charge on any atom is 0.143 e. The Labute approximate surface area is 174 Å². The summed E-state index contributed by atoms with van der Waals surface area (Å²) in [6.07, 6.45) is 0.624. The lowest BCUT2D eigenvalue weighted by Gasteiger charge is -2.04. The van der Waals surface area contributed by atoms with E-state index in [1.54, 1.807) is 25.4 Å². The minimum Gasteiger partial charge on any atom is -0.380 e. The van der Waals surface area contributed by atoms with Gasteiger partial charge in [0.2, 0.25) is 0 Å². The van der Waals surface area contributed by atoms with E-state index >= 15 is 0 Å². The van der Waals surface area contributed by atoms with E-state index in [1.807, 2.05) is 24.3 Å². The standard InChI is InChI=1S/C25H23NO2Si/c1-28-20-22-14-6-5-12-21(22)13-7-8-16-24-23(15-11-18-26-24)25(27)17-9-10-19-29(2,3)4/h5-6,11-12,14-15,18,25,27H,20H2,1-4H3. The van der Waals surface area contributed by atoms with Crippen LogP contribution in [0.3, 0.4) is 0 Å². The molecular weight excluding hydrogens is 374 g/mol. The number of aliphatic hydroxyl groups is 1. The topological polar surface area (TPSA) is 42.4 Å². The average Bonchev–Trinajstić information content (AvgIpc) is 2.69. The molecule has 29 heavy (non-hydrogen) atoms. The first-order valence-electron chi connectivity index (χ1n) is 9.15. The molecule has 0 bridgehead atoms. The fourth-order valence-electron chi connectivity index (χ4n) is 2.26. The third-order valence-electron chi connectivity index (χ3n) is 3.60. The Morgan fingerprint density at radius 1 is 1.00 bits per heavy atom. The number of hydrogen-bond donors (Lipinski definition) is 1. The van der Waals surface area contributed by atoms with Crippen molar-refractivity contribution in [3.05, 3.63) is 65.0 Å². The zero-order valence-electron chi connectivity index (χ0n) is 17.1. The normalized spacial score (nSPS) is 10.7. The van der Waals surface area contributed by atoms with E-state index in [9.17, 15) is 5.11 Å². The van der Waals surface area contributed by atoms with Gasteiger partial charge in [0.1, 0.15) is 19.9 Å². The molecule has 0 aliphatic rings. The molecule has 0 amide bonds. The molecule has 0 spiro atoms. The molecular formula is C25H23NO2Si. The molecule has 1 atom stereocenters. The van der Waals surface area contributed by atoms with E-state index in [1.165, 1.54) is 0 Å². The maximum atomic E-state index is 10.4. The van der Waals surface area contributed by atoms with Crippen molar-refractivity contribution in [2.45, 2.75) is 32.4 Å². The van der Waals surface area contributed by atoms with Gasteiger partial charge in [0.25, 0.3) is 0 Å². The number of aliphatic hydroxyl groups excluding tert-OH is 1. The molecule has 0 aliphatic carbocycles. The highest BCUT2D eigenvalue weighted by atomic mass is 28.3. The van der Waals surface area contributed by atoms with E-state index in [0.29, 0.717) is 17.9 Å². The highest BCUT2D eigenvalue weighted by molar-refractivity contribution is 6.83. The van der Waals surface area contributed by atoms with Crippen molar-refractivity contribution in [3.63, 3.8) is 0 Å². The Bertz CT molecular complexity index is 1100. The Balaban J connectivity index is 2.22. The number of hydrogen-bond acceptors (Lipinski definition) is 3. The minimum atomic E-state index is -1.48. The molecule has 3 nitrogen and oxygen atoms in total. The number of benzene rings is 1. The largest absolute Gasteiger partial charge is 0.380 e. The second-order valence-corrected chi connectivity index (χ2v) is 12.0. The molecule has 1 aromatic heterocycles. The summed E-state index contributed by atoms with van der Waals surface area (Å²) < 4.78 is 5.18. The van der Waals surface area contributed by atoms with Gasteiger partial charge in [-0.05, 0) is 47.3 Å². The van der Waals surface area contributed by atoms with Crippen molar-refractivity contribution >= 4 is 8.07 Å². The molecule has 4 heteroatoms. The molecule has 1 N–H and O–H groups in total. The summed E-state index contributed by atoms with van der Waals surface area (Å²) in [6, 6.07) is 11.3. The molecule has 1 aromatic carbocycles. The molecule has 1 unspecified atom stereocenters. The SMILES string of the molecule is COCc1ccccc1C#CC#Cc1ncccc1C(O)C#CC#C[Si](C)(C)C. The van der Waals surface area contributed by atoms with Crippen LogP contribution in [-0.2, 0) is 11.3 Å². The highest BCUT2D eigenvalue weighted by Crippen LogP contribution is 2.14. The molecule has 1 heterocycles. The van der Waals surface area contributed by atoms with Crippen LogP contribution in [0.5, 0.6) is 0 Å². The van der Waals surface area contributed by atoms with Gasteiger partial charge in [-0.15, -0.1) is 5.54 Å². The van der Waals surface area contributed by atoms with Crippen molar-refractivity contribution in [3.8, 4) is 47.0 Å². The van der Waals surface area contributed by atoms with Gasteiger partial charge >= 0.3 is 0 Å². The summed E-state index contributed by atoms with van der Waals surface area (Å²) in [6.45, 7) is 6.92. The fourth-order valence-corrected chi connectivity index (χ4v) is 2.69. The summed E-state index contributed by atoms with van der Waals surface area (Å²) in [4.78, 5) is 4.24. The van der Waals surface area contributed by atoms with Gasteiger partial charge in [0, 0.05) is 24.4 Å². The lowest BCUT2D eigenvalue weighted by atomic mass is 10.1. The predicted molar refractivity (Wildman–Crippen MR) is 119 cm³/mol. The summed E-state index contributed by atoms with van der Waals surface area (Å²) in [5, 5.41) is 10.4. The third-order valence-corrected chi connectivity index (χ3v) is 4.48. The monoisotopic (exact) mass is 397 g/mol. The van der Waals surface area contributed by atoms with E-state index in [4.69, 9.17) is 4.74 Å². The molecule has 144 valence electrons. The number of ether oxygens (including phenoxy) is 1. The second-order valence-electron chi connectivity index (χ2n) is 7.20. The number of methoxy groups -OCH3 is 1. The average molecular weight is 398 g/mol. The van der Waals surface area contributed by atoms with Crippen LogP contribution in [0.25, 0.3) is 0 Å². The minimum absolute atomic E-state index is 0.451. The first kappa shape index (κ1) is 22.0. The lowest BCUT2D eigenvalue weighted by Crippen LogP contribution is -2.16. The summed E-state index contributed by atoms with van der Waals surface area (Å²) in [5.74, 6) is 19.9. The number of pyridine rings is 1. The summed E-state index contributed by atoms with van der Waals surface area (Å²) in [7, 11) is 0.168. The Morgan fingerprint density at radius 2 is 1.76 bits per heavy atom. The predicted octanol–water partition coefficient (Wildman–Crippen LogP) is 3.55. The second kappa shape index (κ2) is 10.9. The third kappa shape index (κ3) is 7.71. The Kier molecular flexibility index (Phi) is 8.30. The van der Waals surface area contributed by atoms with Crippen LogP contribution in [0.4, 0.5) is 0 Å². The quantitative estimate of drug-likeness (QED) is 0.636. The van der Waals surface area contributed by atoms with Gasteiger partial charge in [-0.1, -0.05) is 55.7 Å². The van der Waals surface area contributed by atoms with Crippen molar-refractivity contribution in [1.29, 1.82) is 0 Å². The van der Waals surface area contributed by atoms with E-state index in [-0.39, 0.29) is 0 Å². The Hall–Kier alpha value is -3.25. The lowest BCUT2D eigenvalue weighted by molar-refractivity contribution is 0.184. The molecule has 0 saturated heterocycles. The van der Waals surface area contributed by atoms with Crippen LogP contribution < -0.4 is 0 Å². The van der Waals surface area contributed by atoms with E-state index < -0.39 is 14.2 Å². The first-order valence-corrected chi connectivity index (χ1v) is 12.7. The van der Waals surface area contributed by atoms with Crippen LogP contribution in [-0.4, -0.2) is 25.3 Å². The molecule has 0 radical (unpaired) electrons. The summed E-state index contributed by atoms with van der Waals surface area (Å²) in [5.41, 5.74) is 6.02. The molecule has 0 saturated carbocycles. The molecule has 2 aromatic rings. The van der Waals surface area contributed by atoms with E-state index in [2.05, 4.69) is 71.6 Å². The van der Waals surface area contributed by atoms with Crippen molar-refractivity contribution in [2.75, 3.05) is 7.11 Å². The van der Waals surface area contributed by atoms with Gasteiger partial charge in [-0.2, -0.15) is 0 Å². The Morgan fingerprint density at radius 3 is 2.52 bits per heavy atom. The van der Waals surface area contributed by atoms with Crippen LogP contribution in [0.1, 0.15) is 28.5 Å². The molecule has 0 fully saturated rings. The number of aromatic nitrogens is 1. The van der Waals surface area contributed by atoms with Crippen molar-refractivity contribution in [1.82, 2.24) is 4.98 Å². The van der Waals surface area contributed by atoms with Gasteiger partial charge < -0.3 is 9.84 Å². The summed E-state index contributed by atoms with van der Waals surface area (Å²) >= 11 is 0. The molecule has 0 aliphatic heterocycles. The smallest absolute Gasteiger partial charge is 0.143 e. The van der Waals surface area contributed by atoms with Crippen LogP contribution in [0.2, 0.25) is 19.6 Å². The number of nitrogens with zero attached hydrogens (tertiary/aromatic N) is 1. The van der Waals surface area contributed by atoms with Gasteiger partial charge in [-0.25, -0.2) is 4.98 Å².